The van der Waals surface area contributed by atoms with Crippen molar-refractivity contribution in [3.05, 3.63) is 59.4 Å². The molecule has 0 amide bonds. The van der Waals surface area contributed by atoms with Crippen molar-refractivity contribution in [2.75, 3.05) is 0 Å². The molecule has 23 heavy (non-hydrogen) atoms. The molecule has 1 aromatic carbocycles. The minimum atomic E-state index is -2.93. The number of rotatable bonds is 3. The van der Waals surface area contributed by atoms with Crippen LogP contribution < -0.4 is 0 Å². The molecule has 1 N–H and O–H groups in total. The zero-order chi connectivity index (χ0) is 16.6. The summed E-state index contributed by atoms with van der Waals surface area (Å²) in [5.74, 6) is -3.38. The van der Waals surface area contributed by atoms with Gasteiger partial charge in [0.25, 0.3) is 0 Å². The van der Waals surface area contributed by atoms with Gasteiger partial charge in [0, 0.05) is 23.3 Å². The predicted molar refractivity (Wildman–Crippen MR) is 76.9 cm³/mol. The molecule has 0 fully saturated rings. The first-order valence-corrected chi connectivity index (χ1v) is 7.28. The van der Waals surface area contributed by atoms with Gasteiger partial charge in [-0.3, -0.25) is 4.79 Å². The fraction of sp³-hybridized carbons (Fsp3) is 0. The molecule has 0 unspecified atom stereocenters. The maximum atomic E-state index is 14.3. The molecular weight excluding hydrogens is 328 g/mol. The van der Waals surface area contributed by atoms with E-state index in [4.69, 9.17) is 0 Å². The molecule has 0 saturated carbocycles. The molecule has 116 valence electrons. The number of aromatic amines is 1. The van der Waals surface area contributed by atoms with E-state index in [-0.39, 0.29) is 5.56 Å². The summed E-state index contributed by atoms with van der Waals surface area (Å²) >= 11 is 0. The Balaban J connectivity index is 2.22. The number of carbonyl (C=O) groups excluding carboxylic acids is 1. The van der Waals surface area contributed by atoms with Gasteiger partial charge in [-0.25, -0.2) is 13.8 Å². The van der Waals surface area contributed by atoms with Crippen LogP contribution in [0.4, 0.5) is 14.5 Å². The number of ketones is 1. The number of halogens is 2. The van der Waals surface area contributed by atoms with E-state index >= 15 is 0 Å². The normalized spacial score (nSPS) is 10.7. The molecule has 6 nitrogen and oxygen atoms in total. The van der Waals surface area contributed by atoms with E-state index in [0.717, 1.165) is 12.1 Å². The number of pyridine rings is 1. The maximum Gasteiger partial charge on any atom is 0.316 e. The quantitative estimate of drug-likeness (QED) is 0.745. The van der Waals surface area contributed by atoms with Gasteiger partial charge in [-0.2, -0.15) is 8.42 Å². The number of fused-ring (bicyclic) bond motifs is 1. The number of benzene rings is 1. The molecule has 0 spiro atoms. The number of hydrogen-bond acceptors (Lipinski definition) is 5. The first-order valence-electron chi connectivity index (χ1n) is 6.25. The van der Waals surface area contributed by atoms with E-state index in [9.17, 15) is 22.0 Å². The standard InChI is InChI=1S/C14H7F2N3O3S/c15-9-3-4-10(19-23(21)22)12(16)11(9)13(20)8-6-18-14-7(8)2-1-5-17-14/h1-6H,(H,17,18). The highest BCUT2D eigenvalue weighted by Crippen LogP contribution is 2.27. The van der Waals surface area contributed by atoms with Crippen LogP contribution in [-0.2, 0) is 10.5 Å². The van der Waals surface area contributed by atoms with Crippen LogP contribution in [0.3, 0.4) is 0 Å². The second-order valence-corrected chi connectivity index (χ2v) is 5.11. The summed E-state index contributed by atoms with van der Waals surface area (Å²) in [7, 11) is -2.93. The number of hydrogen-bond donors (Lipinski definition) is 1. The lowest BCUT2D eigenvalue weighted by atomic mass is 10.0. The van der Waals surface area contributed by atoms with Gasteiger partial charge in [-0.15, -0.1) is 4.36 Å². The van der Waals surface area contributed by atoms with E-state index in [1.54, 1.807) is 12.1 Å². The van der Waals surface area contributed by atoms with Crippen molar-refractivity contribution in [3.8, 4) is 0 Å². The summed E-state index contributed by atoms with van der Waals surface area (Å²) in [6.45, 7) is 0. The summed E-state index contributed by atoms with van der Waals surface area (Å²) < 4.78 is 52.3. The molecule has 0 atom stereocenters. The van der Waals surface area contributed by atoms with Crippen LogP contribution in [0.2, 0.25) is 0 Å². The third-order valence-electron chi connectivity index (χ3n) is 3.17. The van der Waals surface area contributed by atoms with Crippen molar-refractivity contribution < 1.29 is 22.0 Å². The highest BCUT2D eigenvalue weighted by Gasteiger charge is 2.24. The van der Waals surface area contributed by atoms with Gasteiger partial charge in [0.1, 0.15) is 17.2 Å². The summed E-state index contributed by atoms with van der Waals surface area (Å²) in [4.78, 5) is 19.2. The van der Waals surface area contributed by atoms with Crippen molar-refractivity contribution in [1.82, 2.24) is 9.97 Å². The van der Waals surface area contributed by atoms with Crippen LogP contribution in [-0.4, -0.2) is 24.2 Å². The number of H-pyrrole nitrogens is 1. The Morgan fingerprint density at radius 3 is 2.74 bits per heavy atom. The number of nitrogens with zero attached hydrogens (tertiary/aromatic N) is 2. The van der Waals surface area contributed by atoms with Crippen molar-refractivity contribution in [2.24, 2.45) is 4.36 Å². The largest absolute Gasteiger partial charge is 0.345 e. The van der Waals surface area contributed by atoms with E-state index in [1.807, 2.05) is 0 Å². The smallest absolute Gasteiger partial charge is 0.316 e. The maximum absolute atomic E-state index is 14.3. The van der Waals surface area contributed by atoms with Crippen LogP contribution in [0.5, 0.6) is 0 Å². The Hall–Kier alpha value is -2.94. The van der Waals surface area contributed by atoms with Crippen molar-refractivity contribution in [3.63, 3.8) is 0 Å². The average Bonchev–Trinajstić information content (AvgIpc) is 2.94. The number of nitrogens with one attached hydrogen (secondary N) is 1. The van der Waals surface area contributed by atoms with Gasteiger partial charge in [-0.05, 0) is 24.3 Å². The summed E-state index contributed by atoms with van der Waals surface area (Å²) in [5.41, 5.74) is -1.10. The van der Waals surface area contributed by atoms with E-state index in [1.165, 1.54) is 12.4 Å². The fourth-order valence-electron chi connectivity index (χ4n) is 2.18. The van der Waals surface area contributed by atoms with Crippen LogP contribution in [0.15, 0.2) is 41.0 Å². The summed E-state index contributed by atoms with van der Waals surface area (Å²) in [6, 6.07) is 4.78. The molecule has 0 aliphatic heterocycles. The van der Waals surface area contributed by atoms with Gasteiger partial charge in [0.15, 0.2) is 5.82 Å². The molecular formula is C14H7F2N3O3S. The Morgan fingerprint density at radius 2 is 2.00 bits per heavy atom. The Bertz CT molecular complexity index is 1070. The molecule has 3 rings (SSSR count). The molecule has 0 aliphatic rings. The molecule has 9 heteroatoms. The van der Waals surface area contributed by atoms with Crippen LogP contribution in [0.1, 0.15) is 15.9 Å². The molecule has 0 aliphatic carbocycles. The third-order valence-corrected chi connectivity index (χ3v) is 3.51. The Morgan fingerprint density at radius 1 is 1.22 bits per heavy atom. The zero-order valence-electron chi connectivity index (χ0n) is 11.2. The number of carbonyl (C=O) groups is 1. The topological polar surface area (TPSA) is 92.2 Å². The molecule has 3 aromatic rings. The lowest BCUT2D eigenvalue weighted by Gasteiger charge is -2.05. The molecule has 2 heterocycles. The highest BCUT2D eigenvalue weighted by molar-refractivity contribution is 7.61. The minimum Gasteiger partial charge on any atom is -0.345 e. The molecule has 0 radical (unpaired) electrons. The second-order valence-electron chi connectivity index (χ2n) is 4.49. The number of aromatic nitrogens is 2. The fourth-order valence-corrected chi connectivity index (χ4v) is 2.48. The van der Waals surface area contributed by atoms with Crippen LogP contribution in [0.25, 0.3) is 11.0 Å². The van der Waals surface area contributed by atoms with Gasteiger partial charge >= 0.3 is 10.5 Å². The average molecular weight is 335 g/mol. The van der Waals surface area contributed by atoms with Gasteiger partial charge in [0.05, 0.1) is 5.56 Å². The predicted octanol–water partition coefficient (Wildman–Crippen LogP) is 2.77. The minimum absolute atomic E-state index is 0.0197. The van der Waals surface area contributed by atoms with Crippen molar-refractivity contribution in [1.29, 1.82) is 0 Å². The SMILES string of the molecule is O=C(c1c(F)ccc(N=S(=O)=O)c1F)c1c[nH]c2ncccc12. The summed E-state index contributed by atoms with van der Waals surface area (Å²) in [5, 5.41) is 0.394. The highest BCUT2D eigenvalue weighted by atomic mass is 32.2. The van der Waals surface area contributed by atoms with Crippen molar-refractivity contribution >= 4 is 33.0 Å². The lowest BCUT2D eigenvalue weighted by molar-refractivity contribution is 0.103. The van der Waals surface area contributed by atoms with E-state index < -0.39 is 39.2 Å². The molecule has 0 bridgehead atoms. The second kappa shape index (κ2) is 5.69. The van der Waals surface area contributed by atoms with Crippen LogP contribution in [0, 0.1) is 11.6 Å². The summed E-state index contributed by atoms with van der Waals surface area (Å²) in [6.07, 6.45) is 2.78. The zero-order valence-corrected chi connectivity index (χ0v) is 12.1. The monoisotopic (exact) mass is 335 g/mol. The first kappa shape index (κ1) is 15.0. The van der Waals surface area contributed by atoms with Gasteiger partial charge < -0.3 is 4.98 Å². The molecule has 0 saturated heterocycles. The van der Waals surface area contributed by atoms with E-state index in [0.29, 0.717) is 11.0 Å². The van der Waals surface area contributed by atoms with Gasteiger partial charge in [0.2, 0.25) is 5.78 Å². The molecule has 2 aromatic heterocycles. The van der Waals surface area contributed by atoms with E-state index in [2.05, 4.69) is 14.3 Å². The van der Waals surface area contributed by atoms with Crippen LogP contribution >= 0.6 is 0 Å². The lowest BCUT2D eigenvalue weighted by Crippen LogP contribution is -2.07. The Kier molecular flexibility index (Phi) is 3.70. The van der Waals surface area contributed by atoms with Crippen molar-refractivity contribution in [2.45, 2.75) is 0 Å². The Labute approximate surface area is 129 Å². The first-order chi connectivity index (χ1) is 11.0. The van der Waals surface area contributed by atoms with Gasteiger partial charge in [-0.1, -0.05) is 0 Å². The third kappa shape index (κ3) is 2.61.